The maximum absolute atomic E-state index is 10.5. The third kappa shape index (κ3) is 2.79. The summed E-state index contributed by atoms with van der Waals surface area (Å²) < 4.78 is 0. The Morgan fingerprint density at radius 3 is 2.77 bits per heavy atom. The normalized spacial score (nSPS) is 9.69. The van der Waals surface area contributed by atoms with Crippen molar-refractivity contribution in [3.63, 3.8) is 0 Å². The van der Waals surface area contributed by atoms with Crippen molar-refractivity contribution >= 4 is 34.8 Å². The maximum Gasteiger partial charge on any atom is 0.236 e. The van der Waals surface area contributed by atoms with Gasteiger partial charge in [-0.15, -0.1) is 0 Å². The van der Waals surface area contributed by atoms with Gasteiger partial charge in [-0.3, -0.25) is 4.79 Å². The van der Waals surface area contributed by atoms with E-state index >= 15 is 0 Å². The topological polar surface area (TPSA) is 55.1 Å². The first-order valence-corrected chi connectivity index (χ1v) is 4.33. The summed E-state index contributed by atoms with van der Waals surface area (Å²) in [5, 5.41) is 3.60. The van der Waals surface area contributed by atoms with Crippen LogP contribution in [0.3, 0.4) is 0 Å². The van der Waals surface area contributed by atoms with Gasteiger partial charge in [0.05, 0.1) is 22.3 Å². The van der Waals surface area contributed by atoms with Crippen molar-refractivity contribution in [1.29, 1.82) is 0 Å². The minimum Gasteiger partial charge on any atom is -0.375 e. The molecule has 3 N–H and O–H groups in total. The lowest BCUT2D eigenvalue weighted by molar-refractivity contribution is -0.116. The molecule has 0 aromatic heterocycles. The van der Waals surface area contributed by atoms with E-state index in [1.807, 2.05) is 0 Å². The van der Waals surface area contributed by atoms with Gasteiger partial charge < -0.3 is 11.1 Å². The molecular weight excluding hydrogens is 211 g/mol. The van der Waals surface area contributed by atoms with E-state index in [0.29, 0.717) is 15.7 Å². The van der Waals surface area contributed by atoms with Gasteiger partial charge in [-0.1, -0.05) is 29.3 Å². The average molecular weight is 219 g/mol. The summed E-state index contributed by atoms with van der Waals surface area (Å²) in [6.07, 6.45) is 0. The Morgan fingerprint density at radius 1 is 1.46 bits per heavy atom. The lowest BCUT2D eigenvalue weighted by Gasteiger charge is -2.06. The molecule has 0 unspecified atom stereocenters. The molecule has 1 rings (SSSR count). The summed E-state index contributed by atoms with van der Waals surface area (Å²) in [6, 6.07) is 5.12. The van der Waals surface area contributed by atoms with Crippen LogP contribution in [0, 0.1) is 0 Å². The third-order valence-electron chi connectivity index (χ3n) is 1.40. The zero-order valence-electron chi connectivity index (χ0n) is 6.68. The van der Waals surface area contributed by atoms with Gasteiger partial charge in [-0.05, 0) is 12.1 Å². The molecule has 0 aliphatic rings. The van der Waals surface area contributed by atoms with E-state index in [0.717, 1.165) is 0 Å². The molecule has 0 bridgehead atoms. The van der Waals surface area contributed by atoms with Crippen molar-refractivity contribution in [2.24, 2.45) is 5.73 Å². The lowest BCUT2D eigenvalue weighted by Crippen LogP contribution is -2.21. The van der Waals surface area contributed by atoms with Gasteiger partial charge in [-0.25, -0.2) is 0 Å². The number of primary amides is 1. The zero-order valence-corrected chi connectivity index (χ0v) is 8.19. The van der Waals surface area contributed by atoms with Crippen molar-refractivity contribution in [2.45, 2.75) is 0 Å². The van der Waals surface area contributed by atoms with E-state index in [2.05, 4.69) is 5.32 Å². The summed E-state index contributed by atoms with van der Waals surface area (Å²) in [4.78, 5) is 10.5. The summed E-state index contributed by atoms with van der Waals surface area (Å²) in [5.74, 6) is -0.448. The number of benzene rings is 1. The highest BCUT2D eigenvalue weighted by Gasteiger charge is 2.03. The lowest BCUT2D eigenvalue weighted by atomic mass is 10.3. The van der Waals surface area contributed by atoms with Gasteiger partial charge in [-0.2, -0.15) is 0 Å². The summed E-state index contributed by atoms with van der Waals surface area (Å²) in [5.41, 5.74) is 5.56. The Bertz CT molecular complexity index is 328. The molecule has 1 aromatic carbocycles. The fraction of sp³-hybridized carbons (Fsp3) is 0.125. The van der Waals surface area contributed by atoms with E-state index in [-0.39, 0.29) is 6.54 Å². The number of hydrogen-bond donors (Lipinski definition) is 2. The van der Waals surface area contributed by atoms with Crippen molar-refractivity contribution in [1.82, 2.24) is 0 Å². The van der Waals surface area contributed by atoms with E-state index in [9.17, 15) is 4.79 Å². The van der Waals surface area contributed by atoms with Crippen LogP contribution >= 0.6 is 23.2 Å². The van der Waals surface area contributed by atoms with Gasteiger partial charge in [0.25, 0.3) is 0 Å². The van der Waals surface area contributed by atoms with Crippen LogP contribution in [0.5, 0.6) is 0 Å². The van der Waals surface area contributed by atoms with Crippen LogP contribution in [0.2, 0.25) is 10.0 Å². The van der Waals surface area contributed by atoms with Gasteiger partial charge in [0, 0.05) is 0 Å². The van der Waals surface area contributed by atoms with Crippen molar-refractivity contribution in [3.05, 3.63) is 28.2 Å². The van der Waals surface area contributed by atoms with Crippen LogP contribution in [0.4, 0.5) is 5.69 Å². The average Bonchev–Trinajstić information content (AvgIpc) is 2.07. The van der Waals surface area contributed by atoms with Gasteiger partial charge in [0.2, 0.25) is 5.91 Å². The fourth-order valence-electron chi connectivity index (χ4n) is 0.823. The molecule has 0 aliphatic heterocycles. The third-order valence-corrected chi connectivity index (χ3v) is 2.22. The quantitative estimate of drug-likeness (QED) is 0.815. The zero-order chi connectivity index (χ0) is 9.84. The molecular formula is C8H8Cl2N2O. The minimum absolute atomic E-state index is 0.0417. The van der Waals surface area contributed by atoms with Gasteiger partial charge in [0.1, 0.15) is 0 Å². The Labute approximate surface area is 85.8 Å². The molecule has 1 aromatic rings. The minimum atomic E-state index is -0.448. The number of nitrogens with one attached hydrogen (secondary N) is 1. The van der Waals surface area contributed by atoms with Crippen LogP contribution in [-0.4, -0.2) is 12.5 Å². The summed E-state index contributed by atoms with van der Waals surface area (Å²) in [7, 11) is 0. The number of halogens is 2. The van der Waals surface area contributed by atoms with Crippen LogP contribution < -0.4 is 11.1 Å². The SMILES string of the molecule is NC(=O)CNc1cccc(Cl)c1Cl. The molecule has 13 heavy (non-hydrogen) atoms. The molecule has 0 atom stereocenters. The number of hydrogen-bond acceptors (Lipinski definition) is 2. The van der Waals surface area contributed by atoms with E-state index in [1.165, 1.54) is 0 Å². The molecule has 0 saturated heterocycles. The Balaban J connectivity index is 2.77. The van der Waals surface area contributed by atoms with Crippen molar-refractivity contribution in [3.8, 4) is 0 Å². The Kier molecular flexibility index (Phi) is 3.39. The van der Waals surface area contributed by atoms with E-state index in [4.69, 9.17) is 28.9 Å². The first-order valence-electron chi connectivity index (χ1n) is 3.57. The maximum atomic E-state index is 10.5. The van der Waals surface area contributed by atoms with Gasteiger partial charge in [0.15, 0.2) is 0 Å². The number of amides is 1. The number of nitrogens with two attached hydrogens (primary N) is 1. The highest BCUT2D eigenvalue weighted by atomic mass is 35.5. The smallest absolute Gasteiger partial charge is 0.236 e. The molecule has 0 saturated carbocycles. The monoisotopic (exact) mass is 218 g/mol. The van der Waals surface area contributed by atoms with Crippen LogP contribution in [0.25, 0.3) is 0 Å². The number of carbonyl (C=O) groups excluding carboxylic acids is 1. The largest absolute Gasteiger partial charge is 0.375 e. The fourth-order valence-corrected chi connectivity index (χ4v) is 1.19. The highest BCUT2D eigenvalue weighted by molar-refractivity contribution is 6.43. The first kappa shape index (κ1) is 10.2. The number of carbonyl (C=O) groups is 1. The highest BCUT2D eigenvalue weighted by Crippen LogP contribution is 2.29. The molecule has 3 nitrogen and oxygen atoms in total. The number of anilines is 1. The second-order valence-electron chi connectivity index (χ2n) is 2.42. The molecule has 0 heterocycles. The molecule has 0 radical (unpaired) electrons. The molecule has 1 amide bonds. The molecule has 0 spiro atoms. The van der Waals surface area contributed by atoms with Crippen LogP contribution in [-0.2, 0) is 4.79 Å². The molecule has 0 aliphatic carbocycles. The second-order valence-corrected chi connectivity index (χ2v) is 3.21. The molecule has 70 valence electrons. The van der Waals surface area contributed by atoms with Crippen LogP contribution in [0.15, 0.2) is 18.2 Å². The molecule has 5 heteroatoms. The summed E-state index contributed by atoms with van der Waals surface area (Å²) in [6.45, 7) is 0.0417. The van der Waals surface area contributed by atoms with E-state index in [1.54, 1.807) is 18.2 Å². The first-order chi connectivity index (χ1) is 6.11. The van der Waals surface area contributed by atoms with Crippen LogP contribution in [0.1, 0.15) is 0 Å². The number of rotatable bonds is 3. The second kappa shape index (κ2) is 4.35. The standard InChI is InChI=1S/C8H8Cl2N2O/c9-5-2-1-3-6(8(5)10)12-4-7(11)13/h1-3,12H,4H2,(H2,11,13). The predicted octanol–water partition coefficient (Wildman–Crippen LogP) is 1.89. The predicted molar refractivity (Wildman–Crippen MR) is 54.1 cm³/mol. The summed E-state index contributed by atoms with van der Waals surface area (Å²) >= 11 is 11.6. The Morgan fingerprint density at radius 2 is 2.15 bits per heavy atom. The van der Waals surface area contributed by atoms with Gasteiger partial charge >= 0.3 is 0 Å². The van der Waals surface area contributed by atoms with E-state index < -0.39 is 5.91 Å². The van der Waals surface area contributed by atoms with Crippen molar-refractivity contribution in [2.75, 3.05) is 11.9 Å². The molecule has 0 fully saturated rings. The van der Waals surface area contributed by atoms with Crippen molar-refractivity contribution < 1.29 is 4.79 Å². The Hall–Kier alpha value is -0.930.